The number of pyridine rings is 1. The zero-order valence-corrected chi connectivity index (χ0v) is 12.6. The van der Waals surface area contributed by atoms with Gasteiger partial charge >= 0.3 is 6.09 Å². The van der Waals surface area contributed by atoms with Crippen LogP contribution in [0.3, 0.4) is 0 Å². The highest BCUT2D eigenvalue weighted by Gasteiger charge is 2.21. The van der Waals surface area contributed by atoms with Crippen molar-refractivity contribution in [1.82, 2.24) is 14.8 Å². The topological polar surface area (TPSA) is 45.7 Å². The monoisotopic (exact) mass is 327 g/mol. The molecule has 0 atom stereocenters. The third kappa shape index (κ3) is 4.18. The molecule has 19 heavy (non-hydrogen) atoms. The summed E-state index contributed by atoms with van der Waals surface area (Å²) in [7, 11) is 0. The average molecular weight is 328 g/mol. The highest BCUT2D eigenvalue weighted by atomic mass is 79.9. The van der Waals surface area contributed by atoms with Crippen LogP contribution in [0.1, 0.15) is 12.5 Å². The summed E-state index contributed by atoms with van der Waals surface area (Å²) < 4.78 is 6.00. The second kappa shape index (κ2) is 6.86. The summed E-state index contributed by atoms with van der Waals surface area (Å²) in [6.45, 7) is 6.30. The lowest BCUT2D eigenvalue weighted by Gasteiger charge is -2.33. The van der Waals surface area contributed by atoms with Gasteiger partial charge in [0.25, 0.3) is 0 Å². The van der Waals surface area contributed by atoms with Crippen LogP contribution in [0.5, 0.6) is 0 Å². The van der Waals surface area contributed by atoms with Crippen LogP contribution in [-0.4, -0.2) is 53.7 Å². The second-order valence-corrected chi connectivity index (χ2v) is 5.39. The van der Waals surface area contributed by atoms with E-state index in [1.54, 1.807) is 11.1 Å². The second-order valence-electron chi connectivity index (χ2n) is 4.47. The van der Waals surface area contributed by atoms with E-state index >= 15 is 0 Å². The number of piperazine rings is 1. The van der Waals surface area contributed by atoms with Gasteiger partial charge in [0.15, 0.2) is 0 Å². The highest BCUT2D eigenvalue weighted by Crippen LogP contribution is 2.13. The molecule has 0 radical (unpaired) electrons. The van der Waals surface area contributed by atoms with Gasteiger partial charge in [0.1, 0.15) is 0 Å². The lowest BCUT2D eigenvalue weighted by Crippen LogP contribution is -2.48. The normalized spacial score (nSPS) is 16.4. The number of aromatic nitrogens is 1. The van der Waals surface area contributed by atoms with Gasteiger partial charge < -0.3 is 9.64 Å². The van der Waals surface area contributed by atoms with Crippen molar-refractivity contribution in [3.05, 3.63) is 28.5 Å². The number of carbonyl (C=O) groups is 1. The van der Waals surface area contributed by atoms with Crippen LogP contribution < -0.4 is 0 Å². The molecule has 1 aliphatic rings. The molecule has 0 saturated carbocycles. The SMILES string of the molecule is CCOC(=O)N1CCN(Cc2cncc(Br)c2)CC1. The van der Waals surface area contributed by atoms with Crippen molar-refractivity contribution in [2.24, 2.45) is 0 Å². The first-order chi connectivity index (χ1) is 9.19. The van der Waals surface area contributed by atoms with E-state index in [1.165, 1.54) is 5.56 Å². The van der Waals surface area contributed by atoms with Crippen LogP contribution in [0.15, 0.2) is 22.9 Å². The molecule has 1 fully saturated rings. The van der Waals surface area contributed by atoms with Gasteiger partial charge in [0, 0.05) is 49.6 Å². The predicted octanol–water partition coefficient (Wildman–Crippen LogP) is 2.12. The van der Waals surface area contributed by atoms with Crippen LogP contribution in [0.4, 0.5) is 4.79 Å². The van der Waals surface area contributed by atoms with Crippen LogP contribution in [0, 0.1) is 0 Å². The quantitative estimate of drug-likeness (QED) is 0.853. The van der Waals surface area contributed by atoms with Crippen LogP contribution in [-0.2, 0) is 11.3 Å². The number of rotatable bonds is 3. The molecule has 104 valence electrons. The van der Waals surface area contributed by atoms with Crippen molar-refractivity contribution in [3.8, 4) is 0 Å². The van der Waals surface area contributed by atoms with Crippen molar-refractivity contribution in [2.75, 3.05) is 32.8 Å². The first kappa shape index (κ1) is 14.3. The molecular weight excluding hydrogens is 310 g/mol. The Kier molecular flexibility index (Phi) is 5.15. The fraction of sp³-hybridized carbons (Fsp3) is 0.538. The smallest absolute Gasteiger partial charge is 0.409 e. The maximum atomic E-state index is 11.6. The van der Waals surface area contributed by atoms with Gasteiger partial charge in [-0.15, -0.1) is 0 Å². The Hall–Kier alpha value is -1.14. The highest BCUT2D eigenvalue weighted by molar-refractivity contribution is 9.10. The van der Waals surface area contributed by atoms with E-state index in [2.05, 4.69) is 31.9 Å². The molecule has 1 aliphatic heterocycles. The first-order valence-corrected chi connectivity index (χ1v) is 7.22. The molecule has 1 saturated heterocycles. The molecule has 0 unspecified atom stereocenters. The van der Waals surface area contributed by atoms with Gasteiger partial charge in [-0.05, 0) is 34.5 Å². The summed E-state index contributed by atoms with van der Waals surface area (Å²) in [5.41, 5.74) is 1.18. The summed E-state index contributed by atoms with van der Waals surface area (Å²) in [4.78, 5) is 19.8. The van der Waals surface area contributed by atoms with E-state index in [1.807, 2.05) is 13.1 Å². The summed E-state index contributed by atoms with van der Waals surface area (Å²) in [6.07, 6.45) is 3.45. The van der Waals surface area contributed by atoms with Crippen molar-refractivity contribution < 1.29 is 9.53 Å². The molecule has 1 amide bonds. The maximum absolute atomic E-state index is 11.6. The van der Waals surface area contributed by atoms with E-state index in [0.29, 0.717) is 6.61 Å². The summed E-state index contributed by atoms with van der Waals surface area (Å²) in [6, 6.07) is 2.07. The molecule has 2 rings (SSSR count). The zero-order valence-electron chi connectivity index (χ0n) is 11.0. The Morgan fingerprint density at radius 2 is 2.11 bits per heavy atom. The molecular formula is C13H18BrN3O2. The summed E-state index contributed by atoms with van der Waals surface area (Å²) >= 11 is 3.42. The third-order valence-electron chi connectivity index (χ3n) is 3.07. The maximum Gasteiger partial charge on any atom is 0.409 e. The van der Waals surface area contributed by atoms with Gasteiger partial charge in [-0.2, -0.15) is 0 Å². The van der Waals surface area contributed by atoms with E-state index in [-0.39, 0.29) is 6.09 Å². The molecule has 2 heterocycles. The Labute approximate surface area is 121 Å². The van der Waals surface area contributed by atoms with Gasteiger partial charge in [0.2, 0.25) is 0 Å². The minimum atomic E-state index is -0.203. The van der Waals surface area contributed by atoms with Crippen molar-refractivity contribution in [1.29, 1.82) is 0 Å². The Morgan fingerprint density at radius 1 is 1.37 bits per heavy atom. The number of halogens is 1. The van der Waals surface area contributed by atoms with Crippen molar-refractivity contribution >= 4 is 22.0 Å². The fourth-order valence-corrected chi connectivity index (χ4v) is 2.52. The van der Waals surface area contributed by atoms with Gasteiger partial charge in [0.05, 0.1) is 6.61 Å². The summed E-state index contributed by atoms with van der Waals surface area (Å²) in [5, 5.41) is 0. The minimum absolute atomic E-state index is 0.203. The van der Waals surface area contributed by atoms with Gasteiger partial charge in [-0.3, -0.25) is 9.88 Å². The van der Waals surface area contributed by atoms with E-state index in [9.17, 15) is 4.79 Å². The molecule has 0 N–H and O–H groups in total. The number of amides is 1. The molecule has 0 aromatic carbocycles. The number of hydrogen-bond donors (Lipinski definition) is 0. The summed E-state index contributed by atoms with van der Waals surface area (Å²) in [5.74, 6) is 0. The molecule has 6 heteroatoms. The third-order valence-corrected chi connectivity index (χ3v) is 3.50. The van der Waals surface area contributed by atoms with Gasteiger partial charge in [-0.25, -0.2) is 4.79 Å². The molecule has 1 aromatic rings. The lowest BCUT2D eigenvalue weighted by molar-refractivity contribution is 0.0778. The zero-order chi connectivity index (χ0) is 13.7. The predicted molar refractivity (Wildman–Crippen MR) is 75.8 cm³/mol. The Bertz CT molecular complexity index is 434. The standard InChI is InChI=1S/C13H18BrN3O2/c1-2-19-13(18)17-5-3-16(4-6-17)10-11-7-12(14)9-15-8-11/h7-9H,2-6,10H2,1H3. The number of carbonyl (C=O) groups excluding carboxylic acids is 1. The lowest BCUT2D eigenvalue weighted by atomic mass is 10.2. The van der Waals surface area contributed by atoms with Crippen LogP contribution in [0.25, 0.3) is 0 Å². The fourth-order valence-electron chi connectivity index (χ4n) is 2.10. The Morgan fingerprint density at radius 3 is 2.74 bits per heavy atom. The number of nitrogens with zero attached hydrogens (tertiary/aromatic N) is 3. The average Bonchev–Trinajstić information content (AvgIpc) is 2.40. The molecule has 1 aromatic heterocycles. The van der Waals surface area contributed by atoms with E-state index in [0.717, 1.165) is 37.2 Å². The molecule has 5 nitrogen and oxygen atoms in total. The molecule has 0 bridgehead atoms. The van der Waals surface area contributed by atoms with E-state index in [4.69, 9.17) is 4.74 Å². The van der Waals surface area contributed by atoms with Crippen LogP contribution in [0.2, 0.25) is 0 Å². The van der Waals surface area contributed by atoms with Crippen LogP contribution >= 0.6 is 15.9 Å². The van der Waals surface area contributed by atoms with Crippen molar-refractivity contribution in [3.63, 3.8) is 0 Å². The molecule has 0 aliphatic carbocycles. The first-order valence-electron chi connectivity index (χ1n) is 6.42. The number of hydrogen-bond acceptors (Lipinski definition) is 4. The Balaban J connectivity index is 1.82. The number of ether oxygens (including phenoxy) is 1. The molecule has 0 spiro atoms. The van der Waals surface area contributed by atoms with Crippen molar-refractivity contribution in [2.45, 2.75) is 13.5 Å². The minimum Gasteiger partial charge on any atom is -0.450 e. The van der Waals surface area contributed by atoms with Gasteiger partial charge in [-0.1, -0.05) is 0 Å². The van der Waals surface area contributed by atoms with E-state index < -0.39 is 0 Å². The largest absolute Gasteiger partial charge is 0.450 e.